The lowest BCUT2D eigenvalue weighted by Gasteiger charge is -2.07. The highest BCUT2D eigenvalue weighted by molar-refractivity contribution is 5.83. The largest absolute Gasteiger partial charge is 0.484 e. The molecule has 8 heteroatoms. The summed E-state index contributed by atoms with van der Waals surface area (Å²) in [4.78, 5) is 23.6. The van der Waals surface area contributed by atoms with Crippen molar-refractivity contribution in [1.29, 1.82) is 0 Å². The average molecular weight is 430 g/mol. The fraction of sp³-hybridized carbons (Fsp3) is 0.0833. The standard InChI is InChI=1S/C24H22N4O4/c29-23(27-25-15-19-7-3-1-4-8-19)17-31-21-11-13-22(14-12-21)32-18-24(30)28-26-16-20-9-5-2-6-10-20/h1-16H,17-18H2,(H,27,29)(H,28,30)/b25-15+,26-16+. The van der Waals surface area contributed by atoms with Crippen LogP contribution in [0.4, 0.5) is 0 Å². The first-order valence-electron chi connectivity index (χ1n) is 9.78. The van der Waals surface area contributed by atoms with Crippen molar-refractivity contribution in [2.24, 2.45) is 10.2 Å². The molecule has 0 spiro atoms. The number of amides is 2. The van der Waals surface area contributed by atoms with E-state index in [4.69, 9.17) is 9.47 Å². The molecule has 162 valence electrons. The molecule has 0 bridgehead atoms. The van der Waals surface area contributed by atoms with Crippen LogP contribution < -0.4 is 20.3 Å². The smallest absolute Gasteiger partial charge is 0.277 e. The van der Waals surface area contributed by atoms with Crippen LogP contribution in [0.1, 0.15) is 11.1 Å². The van der Waals surface area contributed by atoms with Gasteiger partial charge in [-0.05, 0) is 35.4 Å². The van der Waals surface area contributed by atoms with Crippen molar-refractivity contribution in [3.63, 3.8) is 0 Å². The van der Waals surface area contributed by atoms with Crippen molar-refractivity contribution in [3.8, 4) is 11.5 Å². The third-order valence-corrected chi connectivity index (χ3v) is 3.97. The van der Waals surface area contributed by atoms with Crippen LogP contribution >= 0.6 is 0 Å². The van der Waals surface area contributed by atoms with E-state index >= 15 is 0 Å². The fourth-order valence-corrected chi connectivity index (χ4v) is 2.43. The summed E-state index contributed by atoms with van der Waals surface area (Å²) in [6, 6.07) is 25.4. The molecule has 0 unspecified atom stereocenters. The Labute approximate surface area is 185 Å². The van der Waals surface area contributed by atoms with E-state index < -0.39 is 0 Å². The number of carbonyl (C=O) groups excluding carboxylic acids is 2. The zero-order valence-corrected chi connectivity index (χ0v) is 17.2. The van der Waals surface area contributed by atoms with Gasteiger partial charge in [-0.25, -0.2) is 10.9 Å². The van der Waals surface area contributed by atoms with Crippen LogP contribution in [0, 0.1) is 0 Å². The summed E-state index contributed by atoms with van der Waals surface area (Å²) in [5.74, 6) is 0.198. The van der Waals surface area contributed by atoms with Gasteiger partial charge in [0.2, 0.25) is 0 Å². The van der Waals surface area contributed by atoms with Crippen molar-refractivity contribution >= 4 is 24.2 Å². The van der Waals surface area contributed by atoms with Crippen LogP contribution in [0.25, 0.3) is 0 Å². The Bertz CT molecular complexity index is 966. The first-order valence-corrected chi connectivity index (χ1v) is 9.78. The molecule has 0 fully saturated rings. The van der Waals surface area contributed by atoms with E-state index in [-0.39, 0.29) is 25.0 Å². The molecule has 0 aliphatic heterocycles. The zero-order valence-electron chi connectivity index (χ0n) is 17.2. The normalized spacial score (nSPS) is 10.8. The first-order chi connectivity index (χ1) is 15.7. The van der Waals surface area contributed by atoms with Crippen LogP contribution in [0.5, 0.6) is 11.5 Å². The molecule has 3 aromatic rings. The Morgan fingerprint density at radius 1 is 0.625 bits per heavy atom. The van der Waals surface area contributed by atoms with Gasteiger partial charge in [0.25, 0.3) is 11.8 Å². The summed E-state index contributed by atoms with van der Waals surface area (Å²) in [5, 5.41) is 7.75. The van der Waals surface area contributed by atoms with Crippen LogP contribution in [0.3, 0.4) is 0 Å². The van der Waals surface area contributed by atoms with Crippen molar-refractivity contribution in [2.45, 2.75) is 0 Å². The number of carbonyl (C=O) groups is 2. The summed E-state index contributed by atoms with van der Waals surface area (Å²) in [6.07, 6.45) is 3.10. The van der Waals surface area contributed by atoms with E-state index in [0.29, 0.717) is 11.5 Å². The molecule has 0 atom stereocenters. The van der Waals surface area contributed by atoms with Gasteiger partial charge in [-0.15, -0.1) is 0 Å². The molecule has 0 heterocycles. The molecule has 0 aromatic heterocycles. The van der Waals surface area contributed by atoms with Gasteiger partial charge in [0, 0.05) is 0 Å². The number of ether oxygens (including phenoxy) is 2. The van der Waals surface area contributed by atoms with E-state index in [9.17, 15) is 9.59 Å². The highest BCUT2D eigenvalue weighted by Gasteiger charge is 2.04. The Kier molecular flexibility index (Phi) is 8.53. The maximum atomic E-state index is 11.8. The number of hydrazone groups is 2. The molecule has 8 nitrogen and oxygen atoms in total. The molecule has 2 N–H and O–H groups in total. The summed E-state index contributed by atoms with van der Waals surface area (Å²) in [5.41, 5.74) is 6.55. The SMILES string of the molecule is O=C(COc1ccc(OCC(=O)N/N=C/c2ccccc2)cc1)N/N=C/c1ccccc1. The highest BCUT2D eigenvalue weighted by Crippen LogP contribution is 2.17. The molecule has 3 rings (SSSR count). The van der Waals surface area contributed by atoms with Crippen molar-refractivity contribution in [1.82, 2.24) is 10.9 Å². The molecule has 3 aromatic carbocycles. The summed E-state index contributed by atoms with van der Waals surface area (Å²) in [6.45, 7) is -0.373. The van der Waals surface area contributed by atoms with Gasteiger partial charge in [0.05, 0.1) is 12.4 Å². The predicted octanol–water partition coefficient (Wildman–Crippen LogP) is 2.74. The minimum absolute atomic E-state index is 0.186. The van der Waals surface area contributed by atoms with Crippen molar-refractivity contribution < 1.29 is 19.1 Å². The number of nitrogens with zero attached hydrogens (tertiary/aromatic N) is 2. The summed E-state index contributed by atoms with van der Waals surface area (Å²) < 4.78 is 10.8. The van der Waals surface area contributed by atoms with Gasteiger partial charge in [0.1, 0.15) is 11.5 Å². The number of rotatable bonds is 10. The second kappa shape index (κ2) is 12.3. The van der Waals surface area contributed by atoms with Crippen molar-refractivity contribution in [3.05, 3.63) is 96.1 Å². The predicted molar refractivity (Wildman–Crippen MR) is 122 cm³/mol. The lowest BCUT2D eigenvalue weighted by Crippen LogP contribution is -2.25. The Morgan fingerprint density at radius 2 is 1.00 bits per heavy atom. The average Bonchev–Trinajstić information content (AvgIpc) is 2.83. The van der Waals surface area contributed by atoms with Gasteiger partial charge in [-0.2, -0.15) is 10.2 Å². The number of nitrogens with one attached hydrogen (secondary N) is 2. The fourth-order valence-electron chi connectivity index (χ4n) is 2.43. The minimum atomic E-state index is -0.384. The Hall–Kier alpha value is -4.46. The van der Waals surface area contributed by atoms with Gasteiger partial charge in [0.15, 0.2) is 13.2 Å². The van der Waals surface area contributed by atoms with Crippen LogP contribution in [0.15, 0.2) is 95.1 Å². The van der Waals surface area contributed by atoms with Gasteiger partial charge in [-0.1, -0.05) is 60.7 Å². The van der Waals surface area contributed by atoms with Crippen LogP contribution in [-0.4, -0.2) is 37.5 Å². The molecule has 0 saturated heterocycles. The number of hydrogen-bond donors (Lipinski definition) is 2. The summed E-state index contributed by atoms with van der Waals surface area (Å²) in [7, 11) is 0. The van der Waals surface area contributed by atoms with Gasteiger partial charge >= 0.3 is 0 Å². The van der Waals surface area contributed by atoms with E-state index in [1.165, 1.54) is 0 Å². The van der Waals surface area contributed by atoms with E-state index in [0.717, 1.165) is 11.1 Å². The second-order valence-corrected chi connectivity index (χ2v) is 6.46. The highest BCUT2D eigenvalue weighted by atomic mass is 16.5. The molecular formula is C24H22N4O4. The Balaban J connectivity index is 1.34. The Morgan fingerprint density at radius 3 is 1.38 bits per heavy atom. The first kappa shape index (κ1) is 22.2. The van der Waals surface area contributed by atoms with Crippen LogP contribution in [-0.2, 0) is 9.59 Å². The zero-order chi connectivity index (χ0) is 22.4. The molecule has 0 saturated carbocycles. The maximum absolute atomic E-state index is 11.8. The molecule has 0 radical (unpaired) electrons. The number of hydrogen-bond acceptors (Lipinski definition) is 6. The second-order valence-electron chi connectivity index (χ2n) is 6.46. The monoisotopic (exact) mass is 430 g/mol. The lowest BCUT2D eigenvalue weighted by atomic mass is 10.2. The van der Waals surface area contributed by atoms with E-state index in [2.05, 4.69) is 21.1 Å². The van der Waals surface area contributed by atoms with Gasteiger partial charge < -0.3 is 9.47 Å². The number of benzene rings is 3. The van der Waals surface area contributed by atoms with Crippen LogP contribution in [0.2, 0.25) is 0 Å². The minimum Gasteiger partial charge on any atom is -0.484 e. The van der Waals surface area contributed by atoms with E-state index in [1.54, 1.807) is 36.7 Å². The molecule has 0 aliphatic carbocycles. The molecule has 0 aliphatic rings. The molecular weight excluding hydrogens is 408 g/mol. The third kappa shape index (κ3) is 8.11. The lowest BCUT2D eigenvalue weighted by molar-refractivity contribution is -0.123. The third-order valence-electron chi connectivity index (χ3n) is 3.97. The van der Waals surface area contributed by atoms with Gasteiger partial charge in [-0.3, -0.25) is 9.59 Å². The quantitative estimate of drug-likeness (QED) is 0.381. The molecule has 2 amide bonds. The molecule has 32 heavy (non-hydrogen) atoms. The maximum Gasteiger partial charge on any atom is 0.277 e. The van der Waals surface area contributed by atoms with E-state index in [1.807, 2.05) is 60.7 Å². The summed E-state index contributed by atoms with van der Waals surface area (Å²) >= 11 is 0. The topological polar surface area (TPSA) is 101 Å². The van der Waals surface area contributed by atoms with Crippen molar-refractivity contribution in [2.75, 3.05) is 13.2 Å².